The molecule has 1 rings (SSSR count). The Morgan fingerprint density at radius 2 is 1.85 bits per heavy atom. The third kappa shape index (κ3) is 4.68. The number of sulfonamides is 1. The van der Waals surface area contributed by atoms with Crippen LogP contribution in [0.4, 0.5) is 4.79 Å². The molecule has 5 nitrogen and oxygen atoms in total. The highest BCUT2D eigenvalue weighted by Gasteiger charge is 2.20. The van der Waals surface area contributed by atoms with Gasteiger partial charge in [-0.05, 0) is 37.6 Å². The first kappa shape index (κ1) is 16.8. The van der Waals surface area contributed by atoms with Crippen LogP contribution in [0.25, 0.3) is 0 Å². The largest absolute Gasteiger partial charge is 0.331 e. The highest BCUT2D eigenvalue weighted by Crippen LogP contribution is 2.14. The van der Waals surface area contributed by atoms with E-state index in [1.54, 1.807) is 0 Å². The third-order valence-electron chi connectivity index (χ3n) is 2.80. The number of benzene rings is 1. The summed E-state index contributed by atoms with van der Waals surface area (Å²) in [6.45, 7) is 4.82. The number of hydrogen-bond donors (Lipinski definition) is 1. The van der Waals surface area contributed by atoms with Crippen LogP contribution in [-0.2, 0) is 10.0 Å². The molecular formula is C13H19ClN2O3S. The first-order valence-electron chi connectivity index (χ1n) is 6.48. The Kier molecular flexibility index (Phi) is 6.29. The second-order valence-corrected chi connectivity index (χ2v) is 6.42. The molecule has 2 amide bonds. The smallest absolute Gasteiger partial charge is 0.324 e. The van der Waals surface area contributed by atoms with E-state index in [1.807, 2.05) is 13.8 Å². The van der Waals surface area contributed by atoms with Crippen molar-refractivity contribution in [1.82, 2.24) is 9.62 Å². The molecular weight excluding hydrogens is 300 g/mol. The number of hydrogen-bond acceptors (Lipinski definition) is 3. The van der Waals surface area contributed by atoms with Crippen molar-refractivity contribution < 1.29 is 13.2 Å². The molecule has 0 aromatic heterocycles. The average molecular weight is 319 g/mol. The summed E-state index contributed by atoms with van der Waals surface area (Å²) in [6, 6.07) is 5.06. The molecule has 0 aliphatic rings. The standard InChI is InChI=1S/C13H19ClN2O3S/c1-3-5-10-16(4-2)13(17)15-20(18,19)12-8-6-11(14)7-9-12/h6-9H,3-5,10H2,1-2H3,(H,15,17). The first-order chi connectivity index (χ1) is 9.40. The van der Waals surface area contributed by atoms with Crippen LogP contribution in [-0.4, -0.2) is 32.4 Å². The summed E-state index contributed by atoms with van der Waals surface area (Å²) in [5, 5.41) is 0.438. The fourth-order valence-electron chi connectivity index (χ4n) is 1.60. The van der Waals surface area contributed by atoms with E-state index in [0.29, 0.717) is 18.1 Å². The molecule has 20 heavy (non-hydrogen) atoms. The van der Waals surface area contributed by atoms with Gasteiger partial charge in [0, 0.05) is 18.1 Å². The van der Waals surface area contributed by atoms with E-state index in [0.717, 1.165) is 12.8 Å². The zero-order chi connectivity index (χ0) is 15.2. The van der Waals surface area contributed by atoms with E-state index in [4.69, 9.17) is 11.6 Å². The zero-order valence-corrected chi connectivity index (χ0v) is 13.2. The topological polar surface area (TPSA) is 66.5 Å². The van der Waals surface area contributed by atoms with Gasteiger partial charge in [0.1, 0.15) is 0 Å². The van der Waals surface area contributed by atoms with Gasteiger partial charge in [0.15, 0.2) is 0 Å². The highest BCUT2D eigenvalue weighted by atomic mass is 35.5. The van der Waals surface area contributed by atoms with Crippen molar-refractivity contribution in [3.05, 3.63) is 29.3 Å². The highest BCUT2D eigenvalue weighted by molar-refractivity contribution is 7.90. The number of halogens is 1. The van der Waals surface area contributed by atoms with Crippen LogP contribution in [0.2, 0.25) is 5.02 Å². The van der Waals surface area contributed by atoms with E-state index >= 15 is 0 Å². The minimum Gasteiger partial charge on any atom is -0.324 e. The summed E-state index contributed by atoms with van der Waals surface area (Å²) in [6.07, 6.45) is 1.77. The molecule has 0 aliphatic carbocycles. The fraction of sp³-hybridized carbons (Fsp3) is 0.462. The Labute approximate surface area is 125 Å². The molecule has 112 valence electrons. The number of unbranched alkanes of at least 4 members (excludes halogenated alkanes) is 1. The van der Waals surface area contributed by atoms with Crippen molar-refractivity contribution in [2.45, 2.75) is 31.6 Å². The maximum Gasteiger partial charge on any atom is 0.331 e. The molecule has 0 heterocycles. The lowest BCUT2D eigenvalue weighted by Gasteiger charge is -2.20. The van der Waals surface area contributed by atoms with E-state index in [2.05, 4.69) is 4.72 Å². The predicted molar refractivity (Wildman–Crippen MR) is 79.3 cm³/mol. The molecule has 0 saturated heterocycles. The Hall–Kier alpha value is -1.27. The van der Waals surface area contributed by atoms with Gasteiger partial charge in [-0.3, -0.25) is 0 Å². The van der Waals surface area contributed by atoms with Crippen LogP contribution in [0.5, 0.6) is 0 Å². The Balaban J connectivity index is 2.79. The maximum absolute atomic E-state index is 12.0. The van der Waals surface area contributed by atoms with Gasteiger partial charge < -0.3 is 4.90 Å². The van der Waals surface area contributed by atoms with Crippen molar-refractivity contribution in [2.24, 2.45) is 0 Å². The number of carbonyl (C=O) groups is 1. The van der Waals surface area contributed by atoms with Crippen molar-refractivity contribution >= 4 is 27.7 Å². The summed E-state index contributed by atoms with van der Waals surface area (Å²) in [5.74, 6) is 0. The molecule has 7 heteroatoms. The number of urea groups is 1. The quantitative estimate of drug-likeness (QED) is 0.877. The fourth-order valence-corrected chi connectivity index (χ4v) is 2.70. The van der Waals surface area contributed by atoms with Crippen LogP contribution >= 0.6 is 11.6 Å². The van der Waals surface area contributed by atoms with Gasteiger partial charge in [0.2, 0.25) is 0 Å². The van der Waals surface area contributed by atoms with Crippen LogP contribution < -0.4 is 4.72 Å². The van der Waals surface area contributed by atoms with Crippen LogP contribution in [0, 0.1) is 0 Å². The first-order valence-corrected chi connectivity index (χ1v) is 8.34. The van der Waals surface area contributed by atoms with E-state index in [9.17, 15) is 13.2 Å². The molecule has 0 spiro atoms. The predicted octanol–water partition coefficient (Wildman–Crippen LogP) is 2.86. The van der Waals surface area contributed by atoms with E-state index in [1.165, 1.54) is 29.2 Å². The van der Waals surface area contributed by atoms with Gasteiger partial charge in [-0.25, -0.2) is 17.9 Å². The van der Waals surface area contributed by atoms with Gasteiger partial charge in [-0.15, -0.1) is 0 Å². The number of carbonyl (C=O) groups excluding carboxylic acids is 1. The summed E-state index contributed by atoms with van der Waals surface area (Å²) < 4.78 is 26.2. The molecule has 1 aromatic rings. The maximum atomic E-state index is 12.0. The third-order valence-corrected chi connectivity index (χ3v) is 4.38. The molecule has 0 aliphatic heterocycles. The lowest BCUT2D eigenvalue weighted by Crippen LogP contribution is -2.43. The SMILES string of the molecule is CCCCN(CC)C(=O)NS(=O)(=O)c1ccc(Cl)cc1. The summed E-state index contributed by atoms with van der Waals surface area (Å²) in [7, 11) is -3.86. The van der Waals surface area contributed by atoms with Gasteiger partial charge in [-0.1, -0.05) is 24.9 Å². The minimum absolute atomic E-state index is 0.0156. The van der Waals surface area contributed by atoms with Gasteiger partial charge in [0.25, 0.3) is 10.0 Å². The lowest BCUT2D eigenvalue weighted by atomic mass is 10.3. The average Bonchev–Trinajstić information content (AvgIpc) is 2.39. The molecule has 1 aromatic carbocycles. The van der Waals surface area contributed by atoms with Crippen molar-refractivity contribution in [3.8, 4) is 0 Å². The molecule has 0 unspecified atom stereocenters. The molecule has 0 saturated carbocycles. The normalized spacial score (nSPS) is 11.2. The number of nitrogens with one attached hydrogen (secondary N) is 1. The van der Waals surface area contributed by atoms with E-state index in [-0.39, 0.29) is 4.90 Å². The lowest BCUT2D eigenvalue weighted by molar-refractivity contribution is 0.205. The Bertz CT molecular complexity index is 543. The van der Waals surface area contributed by atoms with Crippen LogP contribution in [0.3, 0.4) is 0 Å². The molecule has 0 fully saturated rings. The van der Waals surface area contributed by atoms with Crippen molar-refractivity contribution in [3.63, 3.8) is 0 Å². The molecule has 0 atom stereocenters. The Morgan fingerprint density at radius 3 is 2.35 bits per heavy atom. The second kappa shape index (κ2) is 7.50. The van der Waals surface area contributed by atoms with Crippen molar-refractivity contribution in [2.75, 3.05) is 13.1 Å². The summed E-state index contributed by atoms with van der Waals surface area (Å²) in [5.41, 5.74) is 0. The molecule has 1 N–H and O–H groups in total. The number of rotatable bonds is 6. The van der Waals surface area contributed by atoms with E-state index < -0.39 is 16.1 Å². The zero-order valence-electron chi connectivity index (χ0n) is 11.6. The molecule has 0 bridgehead atoms. The van der Waals surface area contributed by atoms with Gasteiger partial charge in [0.05, 0.1) is 4.90 Å². The van der Waals surface area contributed by atoms with Gasteiger partial charge >= 0.3 is 6.03 Å². The van der Waals surface area contributed by atoms with Crippen LogP contribution in [0.15, 0.2) is 29.2 Å². The molecule has 0 radical (unpaired) electrons. The second-order valence-electron chi connectivity index (χ2n) is 4.30. The van der Waals surface area contributed by atoms with Crippen LogP contribution in [0.1, 0.15) is 26.7 Å². The summed E-state index contributed by atoms with van der Waals surface area (Å²) >= 11 is 5.71. The van der Waals surface area contributed by atoms with Gasteiger partial charge in [-0.2, -0.15) is 0 Å². The summed E-state index contributed by atoms with van der Waals surface area (Å²) in [4.78, 5) is 13.4. The number of nitrogens with zero attached hydrogens (tertiary/aromatic N) is 1. The Morgan fingerprint density at radius 1 is 1.25 bits per heavy atom. The number of amides is 2. The van der Waals surface area contributed by atoms with Crippen molar-refractivity contribution in [1.29, 1.82) is 0 Å². The monoisotopic (exact) mass is 318 g/mol. The minimum atomic E-state index is -3.86.